The SMILES string of the molecule is COc1ccc(NC(=O)c2nnn(-c3ccnc4cc(Cl)ccc34)c2C)cc1. The summed E-state index contributed by atoms with van der Waals surface area (Å²) < 4.78 is 6.75. The monoisotopic (exact) mass is 393 g/mol. The van der Waals surface area contributed by atoms with Gasteiger partial charge in [0.2, 0.25) is 0 Å². The molecule has 0 aliphatic rings. The van der Waals surface area contributed by atoms with E-state index in [1.165, 1.54) is 0 Å². The van der Waals surface area contributed by atoms with Crippen molar-refractivity contribution < 1.29 is 9.53 Å². The molecule has 2 heterocycles. The molecule has 0 aliphatic heterocycles. The summed E-state index contributed by atoms with van der Waals surface area (Å²) in [5, 5.41) is 12.5. The highest BCUT2D eigenvalue weighted by atomic mass is 35.5. The maximum atomic E-state index is 12.7. The summed E-state index contributed by atoms with van der Waals surface area (Å²) in [7, 11) is 1.59. The Morgan fingerprint density at radius 1 is 1.14 bits per heavy atom. The molecular formula is C20H16ClN5O2. The van der Waals surface area contributed by atoms with Gasteiger partial charge in [0.05, 0.1) is 24.0 Å². The average Bonchev–Trinajstić information content (AvgIpc) is 3.09. The third-order valence-electron chi connectivity index (χ3n) is 4.37. The number of halogens is 1. The van der Waals surface area contributed by atoms with Crippen molar-refractivity contribution in [1.29, 1.82) is 0 Å². The second-order valence-electron chi connectivity index (χ2n) is 6.11. The van der Waals surface area contributed by atoms with Crippen LogP contribution in [0.2, 0.25) is 5.02 Å². The van der Waals surface area contributed by atoms with Gasteiger partial charge in [0, 0.05) is 22.3 Å². The first-order valence-corrected chi connectivity index (χ1v) is 8.87. The number of carbonyl (C=O) groups excluding carboxylic acids is 1. The highest BCUT2D eigenvalue weighted by Gasteiger charge is 2.19. The van der Waals surface area contributed by atoms with Crippen molar-refractivity contribution >= 4 is 34.1 Å². The number of rotatable bonds is 4. The van der Waals surface area contributed by atoms with Gasteiger partial charge < -0.3 is 10.1 Å². The van der Waals surface area contributed by atoms with Crippen molar-refractivity contribution in [3.05, 3.63) is 71.1 Å². The number of benzene rings is 2. The fraction of sp³-hybridized carbons (Fsp3) is 0.100. The minimum Gasteiger partial charge on any atom is -0.497 e. The summed E-state index contributed by atoms with van der Waals surface area (Å²) >= 11 is 6.05. The van der Waals surface area contributed by atoms with Gasteiger partial charge in [-0.05, 0) is 55.5 Å². The molecule has 0 saturated heterocycles. The van der Waals surface area contributed by atoms with E-state index in [2.05, 4.69) is 20.6 Å². The number of nitrogens with zero attached hydrogens (tertiary/aromatic N) is 4. The third kappa shape index (κ3) is 3.27. The van der Waals surface area contributed by atoms with Crippen LogP contribution in [-0.2, 0) is 0 Å². The van der Waals surface area contributed by atoms with E-state index in [9.17, 15) is 4.79 Å². The molecular weight excluding hydrogens is 378 g/mol. The first kappa shape index (κ1) is 17.9. The number of anilines is 1. The van der Waals surface area contributed by atoms with Crippen LogP contribution in [0.25, 0.3) is 16.6 Å². The predicted molar refractivity (Wildman–Crippen MR) is 107 cm³/mol. The van der Waals surface area contributed by atoms with Crippen molar-refractivity contribution in [2.45, 2.75) is 6.92 Å². The van der Waals surface area contributed by atoms with E-state index in [1.54, 1.807) is 61.3 Å². The van der Waals surface area contributed by atoms with Crippen LogP contribution in [0.4, 0.5) is 5.69 Å². The van der Waals surface area contributed by atoms with E-state index in [1.807, 2.05) is 12.1 Å². The average molecular weight is 394 g/mol. The van der Waals surface area contributed by atoms with Gasteiger partial charge in [0.15, 0.2) is 5.69 Å². The molecule has 1 N–H and O–H groups in total. The molecule has 0 radical (unpaired) electrons. The number of pyridine rings is 1. The Morgan fingerprint density at radius 2 is 1.93 bits per heavy atom. The third-order valence-corrected chi connectivity index (χ3v) is 4.60. The van der Waals surface area contributed by atoms with Crippen molar-refractivity contribution in [3.8, 4) is 11.4 Å². The summed E-state index contributed by atoms with van der Waals surface area (Å²) in [5.74, 6) is 0.375. The standard InChI is InChI=1S/C20H16ClN5O2/c1-12-19(20(27)23-14-4-6-15(28-2)7-5-14)24-25-26(12)18-9-10-22-17-11-13(21)3-8-16(17)18/h3-11H,1-2H3,(H,23,27). The van der Waals surface area contributed by atoms with Crippen molar-refractivity contribution in [3.63, 3.8) is 0 Å². The molecule has 7 nitrogen and oxygen atoms in total. The Morgan fingerprint density at radius 3 is 2.68 bits per heavy atom. The van der Waals surface area contributed by atoms with E-state index >= 15 is 0 Å². The van der Waals surface area contributed by atoms with Crippen molar-refractivity contribution in [2.24, 2.45) is 0 Å². The normalized spacial score (nSPS) is 10.8. The second kappa shape index (κ2) is 7.28. The zero-order valence-electron chi connectivity index (χ0n) is 15.2. The molecule has 0 bridgehead atoms. The number of methoxy groups -OCH3 is 1. The molecule has 0 fully saturated rings. The molecule has 2 aromatic carbocycles. The van der Waals surface area contributed by atoms with Crippen LogP contribution in [0.1, 0.15) is 16.2 Å². The molecule has 0 atom stereocenters. The van der Waals surface area contributed by atoms with Crippen LogP contribution in [0, 0.1) is 6.92 Å². The largest absolute Gasteiger partial charge is 0.497 e. The maximum Gasteiger partial charge on any atom is 0.278 e. The lowest BCUT2D eigenvalue weighted by Gasteiger charge is -2.08. The van der Waals surface area contributed by atoms with E-state index < -0.39 is 0 Å². The van der Waals surface area contributed by atoms with Gasteiger partial charge in [0.1, 0.15) is 5.75 Å². The quantitative estimate of drug-likeness (QED) is 0.566. The minimum absolute atomic E-state index is 0.245. The van der Waals surface area contributed by atoms with Crippen LogP contribution < -0.4 is 10.1 Å². The lowest BCUT2D eigenvalue weighted by atomic mass is 10.2. The smallest absolute Gasteiger partial charge is 0.278 e. The topological polar surface area (TPSA) is 81.9 Å². The molecule has 0 aliphatic carbocycles. The van der Waals surface area contributed by atoms with Gasteiger partial charge in [0.25, 0.3) is 5.91 Å². The van der Waals surface area contributed by atoms with Gasteiger partial charge in [-0.1, -0.05) is 16.8 Å². The van der Waals surface area contributed by atoms with Crippen LogP contribution in [0.3, 0.4) is 0 Å². The molecule has 0 saturated carbocycles. The van der Waals surface area contributed by atoms with Gasteiger partial charge in [-0.15, -0.1) is 5.10 Å². The lowest BCUT2D eigenvalue weighted by molar-refractivity contribution is 0.102. The molecule has 8 heteroatoms. The summed E-state index contributed by atoms with van der Waals surface area (Å²) in [4.78, 5) is 17.0. The van der Waals surface area contributed by atoms with Gasteiger partial charge in [-0.3, -0.25) is 9.78 Å². The van der Waals surface area contributed by atoms with Gasteiger partial charge in [-0.2, -0.15) is 0 Å². The maximum absolute atomic E-state index is 12.7. The Labute approximate surface area is 165 Å². The van der Waals surface area contributed by atoms with Crippen LogP contribution in [0.15, 0.2) is 54.7 Å². The summed E-state index contributed by atoms with van der Waals surface area (Å²) in [5.41, 5.74) is 3.02. The lowest BCUT2D eigenvalue weighted by Crippen LogP contribution is -2.14. The molecule has 28 heavy (non-hydrogen) atoms. The van der Waals surface area contributed by atoms with E-state index in [4.69, 9.17) is 16.3 Å². The fourth-order valence-electron chi connectivity index (χ4n) is 2.92. The molecule has 0 unspecified atom stereocenters. The molecule has 4 rings (SSSR count). The minimum atomic E-state index is -0.338. The first-order valence-electron chi connectivity index (χ1n) is 8.49. The zero-order valence-corrected chi connectivity index (χ0v) is 15.9. The molecule has 140 valence electrons. The highest BCUT2D eigenvalue weighted by molar-refractivity contribution is 6.31. The molecule has 0 spiro atoms. The molecule has 1 amide bonds. The number of carbonyl (C=O) groups is 1. The summed E-state index contributed by atoms with van der Waals surface area (Å²) in [6.07, 6.45) is 1.67. The van der Waals surface area contributed by atoms with E-state index in [-0.39, 0.29) is 11.6 Å². The Hall–Kier alpha value is -3.45. The second-order valence-corrected chi connectivity index (χ2v) is 6.55. The van der Waals surface area contributed by atoms with Crippen molar-refractivity contribution in [2.75, 3.05) is 12.4 Å². The number of fused-ring (bicyclic) bond motifs is 1. The van der Waals surface area contributed by atoms with Gasteiger partial charge >= 0.3 is 0 Å². The first-order chi connectivity index (χ1) is 13.6. The molecule has 2 aromatic heterocycles. The van der Waals surface area contributed by atoms with Gasteiger partial charge in [-0.25, -0.2) is 4.68 Å². The van der Waals surface area contributed by atoms with Crippen molar-refractivity contribution in [1.82, 2.24) is 20.0 Å². The summed E-state index contributed by atoms with van der Waals surface area (Å²) in [6.45, 7) is 1.80. The van der Waals surface area contributed by atoms with Crippen LogP contribution >= 0.6 is 11.6 Å². The number of aromatic nitrogens is 4. The number of nitrogens with one attached hydrogen (secondary N) is 1. The zero-order chi connectivity index (χ0) is 19.7. The Kier molecular flexibility index (Phi) is 4.67. The number of amides is 1. The molecule has 4 aromatic rings. The van der Waals surface area contributed by atoms with E-state index in [0.29, 0.717) is 22.2 Å². The highest BCUT2D eigenvalue weighted by Crippen LogP contribution is 2.24. The number of hydrogen-bond acceptors (Lipinski definition) is 5. The Bertz CT molecular complexity index is 1170. The fourth-order valence-corrected chi connectivity index (χ4v) is 3.09. The van der Waals surface area contributed by atoms with Crippen LogP contribution in [0.5, 0.6) is 5.75 Å². The van der Waals surface area contributed by atoms with Crippen LogP contribution in [-0.4, -0.2) is 33.0 Å². The van der Waals surface area contributed by atoms with E-state index in [0.717, 1.165) is 16.6 Å². The number of ether oxygens (including phenoxy) is 1. The Balaban J connectivity index is 1.67. The predicted octanol–water partition coefficient (Wildman–Crippen LogP) is 4.04. The summed E-state index contributed by atoms with van der Waals surface area (Å²) in [6, 6.07) is 14.3. The number of hydrogen-bond donors (Lipinski definition) is 1.